The number of anilines is 2. The number of carbonyl (C=O) groups excluding carboxylic acids is 1. The summed E-state index contributed by atoms with van der Waals surface area (Å²) in [5.41, 5.74) is 1.52. The zero-order valence-corrected chi connectivity index (χ0v) is 19.1. The van der Waals surface area contributed by atoms with Crippen molar-refractivity contribution in [1.82, 2.24) is 15.3 Å². The molecule has 0 radical (unpaired) electrons. The molecule has 0 atom stereocenters. The van der Waals surface area contributed by atoms with Crippen molar-refractivity contribution in [1.29, 1.82) is 0 Å². The van der Waals surface area contributed by atoms with Gasteiger partial charge < -0.3 is 15.5 Å². The number of benzene rings is 1. The molecule has 2 aromatic rings. The smallest absolute Gasteiger partial charge is 0.257 e. The maximum Gasteiger partial charge on any atom is 0.257 e. The van der Waals surface area contributed by atoms with Crippen molar-refractivity contribution in [2.75, 3.05) is 30.9 Å². The van der Waals surface area contributed by atoms with Crippen molar-refractivity contribution < 1.29 is 18.0 Å². The van der Waals surface area contributed by atoms with E-state index in [-0.39, 0.29) is 12.0 Å². The van der Waals surface area contributed by atoms with Gasteiger partial charge in [-0.05, 0) is 69.4 Å². The Morgan fingerprint density at radius 2 is 1.73 bits per heavy atom. The third-order valence-corrected chi connectivity index (χ3v) is 6.59. The highest BCUT2D eigenvalue weighted by molar-refractivity contribution is 5.94. The highest BCUT2D eigenvalue weighted by Crippen LogP contribution is 2.30. The number of aromatic nitrogens is 2. The number of amides is 1. The van der Waals surface area contributed by atoms with Gasteiger partial charge in [0.25, 0.3) is 5.91 Å². The average molecular weight is 462 g/mol. The lowest BCUT2D eigenvalue weighted by Crippen LogP contribution is -2.35. The van der Waals surface area contributed by atoms with Crippen LogP contribution in [0.1, 0.15) is 60.1 Å². The van der Waals surface area contributed by atoms with E-state index in [9.17, 15) is 18.0 Å². The molecule has 1 heterocycles. The fourth-order valence-electron chi connectivity index (χ4n) is 4.76. The van der Waals surface area contributed by atoms with Crippen LogP contribution < -0.4 is 15.5 Å². The number of hydrogen-bond donors (Lipinski definition) is 2. The maximum atomic E-state index is 13.8. The van der Waals surface area contributed by atoms with Gasteiger partial charge in [0.1, 0.15) is 17.2 Å². The molecular weight excluding hydrogens is 431 g/mol. The van der Waals surface area contributed by atoms with Gasteiger partial charge in [0, 0.05) is 32.2 Å². The Balaban J connectivity index is 1.31. The molecule has 1 fully saturated rings. The fourth-order valence-corrected chi connectivity index (χ4v) is 4.76. The summed E-state index contributed by atoms with van der Waals surface area (Å²) >= 11 is 0. The number of halogens is 3. The minimum atomic E-state index is -1.46. The third-order valence-electron chi connectivity index (χ3n) is 6.59. The summed E-state index contributed by atoms with van der Waals surface area (Å²) in [4.78, 5) is 23.8. The van der Waals surface area contributed by atoms with Gasteiger partial charge in [0.15, 0.2) is 11.6 Å². The number of hydrogen-bond acceptors (Lipinski definition) is 5. The van der Waals surface area contributed by atoms with Crippen molar-refractivity contribution in [3.63, 3.8) is 0 Å². The van der Waals surface area contributed by atoms with Crippen LogP contribution in [-0.2, 0) is 12.8 Å². The molecule has 1 aromatic heterocycles. The first kappa shape index (κ1) is 23.3. The Morgan fingerprint density at radius 3 is 2.45 bits per heavy atom. The summed E-state index contributed by atoms with van der Waals surface area (Å²) < 4.78 is 41.0. The van der Waals surface area contributed by atoms with Crippen molar-refractivity contribution in [2.24, 2.45) is 5.92 Å². The van der Waals surface area contributed by atoms with Crippen molar-refractivity contribution in [3.05, 3.63) is 46.4 Å². The first-order valence-electron chi connectivity index (χ1n) is 11.6. The molecule has 9 heteroatoms. The summed E-state index contributed by atoms with van der Waals surface area (Å²) in [6.45, 7) is 0.293. The lowest BCUT2D eigenvalue weighted by atomic mass is 9.86. The molecule has 1 saturated carbocycles. The van der Waals surface area contributed by atoms with Crippen LogP contribution in [0.25, 0.3) is 0 Å². The second-order valence-corrected chi connectivity index (χ2v) is 9.19. The average Bonchev–Trinajstić information content (AvgIpc) is 2.80. The lowest BCUT2D eigenvalue weighted by Gasteiger charge is -2.30. The highest BCUT2D eigenvalue weighted by Gasteiger charge is 2.26. The molecule has 1 aromatic carbocycles. The molecule has 0 aliphatic heterocycles. The molecule has 0 bridgehead atoms. The van der Waals surface area contributed by atoms with Crippen molar-refractivity contribution in [2.45, 2.75) is 57.4 Å². The Hall–Kier alpha value is -2.84. The van der Waals surface area contributed by atoms with Gasteiger partial charge in [-0.1, -0.05) is 0 Å². The Labute approximate surface area is 192 Å². The van der Waals surface area contributed by atoms with E-state index in [4.69, 9.17) is 9.97 Å². The number of aryl methyl sites for hydroxylation is 1. The van der Waals surface area contributed by atoms with Gasteiger partial charge in [-0.25, -0.2) is 18.2 Å². The summed E-state index contributed by atoms with van der Waals surface area (Å²) in [5, 5.41) is 6.04. The zero-order valence-electron chi connectivity index (χ0n) is 19.1. The molecule has 6 nitrogen and oxygen atoms in total. The Bertz CT molecular complexity index is 1020. The van der Waals surface area contributed by atoms with Crippen LogP contribution in [0, 0.1) is 23.4 Å². The summed E-state index contributed by atoms with van der Waals surface area (Å²) in [6.07, 6.45) is 7.76. The molecule has 0 saturated heterocycles. The van der Waals surface area contributed by atoms with Crippen LogP contribution in [0.4, 0.5) is 24.9 Å². The lowest BCUT2D eigenvalue weighted by molar-refractivity contribution is 0.0933. The van der Waals surface area contributed by atoms with Crippen LogP contribution >= 0.6 is 0 Å². The van der Waals surface area contributed by atoms with E-state index in [2.05, 4.69) is 10.6 Å². The van der Waals surface area contributed by atoms with E-state index in [1.54, 1.807) is 0 Å². The highest BCUT2D eigenvalue weighted by atomic mass is 19.2. The minimum absolute atomic E-state index is 0.188. The van der Waals surface area contributed by atoms with Gasteiger partial charge in [-0.3, -0.25) is 4.79 Å². The van der Waals surface area contributed by atoms with E-state index >= 15 is 0 Å². The maximum absolute atomic E-state index is 13.8. The molecule has 33 heavy (non-hydrogen) atoms. The number of nitrogens with zero attached hydrogens (tertiary/aromatic N) is 3. The number of nitrogens with one attached hydrogen (secondary N) is 2. The second kappa shape index (κ2) is 9.97. The van der Waals surface area contributed by atoms with Gasteiger partial charge in [-0.15, -0.1) is 0 Å². The standard InChI is InChI=1S/C24H30F3N5O/c1-32(2)22-16-5-3-4-6-19(16)30-24(31-22)29-15-9-7-14(8-10-15)13-28-23(33)20-17(25)11-12-18(26)21(20)27/h11-12,14-15H,3-10,13H2,1-2H3,(H,28,33)(H,29,30,31)/t14-,15+. The normalized spacial score (nSPS) is 20.2. The number of carbonyl (C=O) groups is 1. The fraction of sp³-hybridized carbons (Fsp3) is 0.542. The first-order valence-corrected chi connectivity index (χ1v) is 11.6. The van der Waals surface area contributed by atoms with Gasteiger partial charge in [0.05, 0.1) is 5.69 Å². The molecule has 1 amide bonds. The van der Waals surface area contributed by atoms with E-state index in [1.165, 1.54) is 12.0 Å². The molecule has 2 aliphatic rings. The van der Waals surface area contributed by atoms with Gasteiger partial charge >= 0.3 is 0 Å². The van der Waals surface area contributed by atoms with Crippen molar-refractivity contribution >= 4 is 17.7 Å². The van der Waals surface area contributed by atoms with E-state index in [0.29, 0.717) is 18.6 Å². The van der Waals surface area contributed by atoms with Crippen LogP contribution in [0.15, 0.2) is 12.1 Å². The predicted octanol–water partition coefficient (Wildman–Crippen LogP) is 4.24. The zero-order chi connectivity index (χ0) is 23.5. The van der Waals surface area contributed by atoms with Crippen LogP contribution in [0.2, 0.25) is 0 Å². The largest absolute Gasteiger partial charge is 0.362 e. The third kappa shape index (κ3) is 5.23. The Morgan fingerprint density at radius 1 is 1.03 bits per heavy atom. The molecular formula is C24H30F3N5O. The first-order chi connectivity index (χ1) is 15.8. The second-order valence-electron chi connectivity index (χ2n) is 9.19. The molecule has 178 valence electrons. The molecule has 4 rings (SSSR count). The Kier molecular flexibility index (Phi) is 7.05. The van der Waals surface area contributed by atoms with Gasteiger partial charge in [0.2, 0.25) is 5.95 Å². The molecule has 2 aliphatic carbocycles. The molecule has 0 unspecified atom stereocenters. The quantitative estimate of drug-likeness (QED) is 0.630. The molecule has 2 N–H and O–H groups in total. The number of fused-ring (bicyclic) bond motifs is 1. The predicted molar refractivity (Wildman–Crippen MR) is 121 cm³/mol. The summed E-state index contributed by atoms with van der Waals surface area (Å²) in [6, 6.07) is 1.66. The molecule has 0 spiro atoms. The van der Waals surface area contributed by atoms with Gasteiger partial charge in [-0.2, -0.15) is 4.98 Å². The van der Waals surface area contributed by atoms with E-state index in [1.807, 2.05) is 19.0 Å². The van der Waals surface area contributed by atoms with Crippen LogP contribution in [-0.4, -0.2) is 42.6 Å². The van der Waals surface area contributed by atoms with E-state index in [0.717, 1.165) is 62.5 Å². The van der Waals surface area contributed by atoms with Crippen molar-refractivity contribution in [3.8, 4) is 0 Å². The van der Waals surface area contributed by atoms with Crippen LogP contribution in [0.3, 0.4) is 0 Å². The van der Waals surface area contributed by atoms with Crippen LogP contribution in [0.5, 0.6) is 0 Å². The minimum Gasteiger partial charge on any atom is -0.362 e. The summed E-state index contributed by atoms with van der Waals surface area (Å²) in [5.74, 6) is -2.86. The van der Waals surface area contributed by atoms with E-state index < -0.39 is 28.9 Å². The SMILES string of the molecule is CN(C)c1nc(N[C@H]2CC[C@@H](CNC(=O)c3c(F)ccc(F)c3F)CC2)nc2c1CCCC2. The number of rotatable bonds is 6. The summed E-state index contributed by atoms with van der Waals surface area (Å²) in [7, 11) is 4.00. The topological polar surface area (TPSA) is 70.2 Å². The monoisotopic (exact) mass is 461 g/mol.